The van der Waals surface area contributed by atoms with Crippen LogP contribution in [0.1, 0.15) is 61.2 Å². The first-order valence-corrected chi connectivity index (χ1v) is 12.9. The molecule has 5 rings (SSSR count). The molecule has 1 aromatic carbocycles. The number of piperidine rings is 1. The van der Waals surface area contributed by atoms with Gasteiger partial charge in [-0.2, -0.15) is 0 Å². The van der Waals surface area contributed by atoms with Crippen molar-refractivity contribution in [3.8, 4) is 0 Å². The number of aryl methyl sites for hydroxylation is 2. The van der Waals surface area contributed by atoms with Gasteiger partial charge in [-0.1, -0.05) is 18.2 Å². The zero-order valence-electron chi connectivity index (χ0n) is 21.1. The molecule has 3 aliphatic heterocycles. The number of halogens is 1. The molecule has 2 aromatic rings. The van der Waals surface area contributed by atoms with E-state index in [1.165, 1.54) is 18.9 Å². The third-order valence-corrected chi connectivity index (χ3v) is 7.66. The second-order valence-corrected chi connectivity index (χ2v) is 9.98. The minimum atomic E-state index is -1.82. The monoisotopic (exact) mass is 515 g/mol. The van der Waals surface area contributed by atoms with Crippen LogP contribution in [0.4, 0.5) is 4.39 Å². The van der Waals surface area contributed by atoms with Crippen LogP contribution in [0.5, 0.6) is 0 Å². The molecule has 2 saturated heterocycles. The summed E-state index contributed by atoms with van der Waals surface area (Å²) in [6.45, 7) is 4.05. The summed E-state index contributed by atoms with van der Waals surface area (Å²) >= 11 is 0. The number of fused-ring (bicyclic) bond motifs is 3. The Labute approximate surface area is 214 Å². The molecule has 0 spiro atoms. The molecule has 0 amide bonds. The van der Waals surface area contributed by atoms with E-state index in [-0.39, 0.29) is 17.5 Å². The molecule has 200 valence electrons. The average molecular weight is 516 g/mol. The SMILES string of the molecule is Cc1nc2n(c(=O)c1CCN1C3CCC1CC(OCc1ccccc1F)C3)CCCC2.O=C(O)C(=O)O. The Balaban J connectivity index is 0.000000480. The van der Waals surface area contributed by atoms with Crippen molar-refractivity contribution in [1.82, 2.24) is 14.5 Å². The number of hydrogen-bond donors (Lipinski definition) is 2. The summed E-state index contributed by atoms with van der Waals surface area (Å²) in [5.41, 5.74) is 2.61. The first-order valence-electron chi connectivity index (χ1n) is 12.9. The van der Waals surface area contributed by atoms with Crippen molar-refractivity contribution in [3.05, 3.63) is 63.1 Å². The Hall–Kier alpha value is -3.11. The molecule has 3 aliphatic rings. The highest BCUT2D eigenvalue weighted by Crippen LogP contribution is 2.37. The van der Waals surface area contributed by atoms with Gasteiger partial charge in [-0.05, 0) is 57.9 Å². The van der Waals surface area contributed by atoms with Gasteiger partial charge in [0.2, 0.25) is 0 Å². The van der Waals surface area contributed by atoms with Gasteiger partial charge in [0.15, 0.2) is 0 Å². The molecule has 9 nitrogen and oxygen atoms in total. The lowest BCUT2D eigenvalue weighted by atomic mass is 9.98. The van der Waals surface area contributed by atoms with Crippen LogP contribution in [-0.4, -0.2) is 61.3 Å². The molecule has 2 atom stereocenters. The van der Waals surface area contributed by atoms with E-state index in [9.17, 15) is 9.18 Å². The molecule has 0 aliphatic carbocycles. The topological polar surface area (TPSA) is 122 Å². The fourth-order valence-corrected chi connectivity index (χ4v) is 5.81. The maximum atomic E-state index is 13.9. The second-order valence-electron chi connectivity index (χ2n) is 9.98. The second kappa shape index (κ2) is 12.0. The van der Waals surface area contributed by atoms with E-state index in [1.807, 2.05) is 17.6 Å². The zero-order chi connectivity index (χ0) is 26.5. The Bertz CT molecular complexity index is 1170. The van der Waals surface area contributed by atoms with Gasteiger partial charge in [-0.3, -0.25) is 14.3 Å². The van der Waals surface area contributed by atoms with Gasteiger partial charge in [-0.25, -0.2) is 19.0 Å². The van der Waals surface area contributed by atoms with E-state index in [1.54, 1.807) is 12.1 Å². The van der Waals surface area contributed by atoms with E-state index >= 15 is 0 Å². The lowest BCUT2D eigenvalue weighted by Crippen LogP contribution is -2.46. The molecule has 2 bridgehead atoms. The quantitative estimate of drug-likeness (QED) is 0.563. The summed E-state index contributed by atoms with van der Waals surface area (Å²) in [6, 6.07) is 7.85. The van der Waals surface area contributed by atoms with Crippen molar-refractivity contribution in [1.29, 1.82) is 0 Å². The van der Waals surface area contributed by atoms with Crippen LogP contribution in [0.25, 0.3) is 0 Å². The van der Waals surface area contributed by atoms with Gasteiger partial charge in [0, 0.05) is 48.4 Å². The van der Waals surface area contributed by atoms with Crippen molar-refractivity contribution in [2.75, 3.05) is 6.54 Å². The van der Waals surface area contributed by atoms with Crippen molar-refractivity contribution >= 4 is 11.9 Å². The number of benzene rings is 1. The molecule has 0 radical (unpaired) electrons. The van der Waals surface area contributed by atoms with Crippen LogP contribution >= 0.6 is 0 Å². The number of rotatable bonds is 6. The van der Waals surface area contributed by atoms with Crippen LogP contribution in [0, 0.1) is 12.7 Å². The predicted molar refractivity (Wildman–Crippen MR) is 133 cm³/mol. The molecular formula is C27H34FN3O6. The number of carboxylic acid groups (broad SMARTS) is 2. The highest BCUT2D eigenvalue weighted by Gasteiger charge is 2.40. The maximum Gasteiger partial charge on any atom is 0.414 e. The van der Waals surface area contributed by atoms with Gasteiger partial charge < -0.3 is 14.9 Å². The number of ether oxygens (including phenoxy) is 1. The normalized spacial score (nSPS) is 22.6. The Morgan fingerprint density at radius 3 is 2.43 bits per heavy atom. The predicted octanol–water partition coefficient (Wildman–Crippen LogP) is 2.94. The summed E-state index contributed by atoms with van der Waals surface area (Å²) in [7, 11) is 0. The summed E-state index contributed by atoms with van der Waals surface area (Å²) in [5, 5.41) is 14.8. The van der Waals surface area contributed by atoms with E-state index in [2.05, 4.69) is 4.90 Å². The van der Waals surface area contributed by atoms with Crippen molar-refractivity contribution in [3.63, 3.8) is 0 Å². The minimum Gasteiger partial charge on any atom is -0.473 e. The van der Waals surface area contributed by atoms with E-state index in [4.69, 9.17) is 29.5 Å². The lowest BCUT2D eigenvalue weighted by molar-refractivity contribution is -0.159. The van der Waals surface area contributed by atoms with Crippen LogP contribution in [0.15, 0.2) is 29.1 Å². The number of nitrogens with zero attached hydrogens (tertiary/aromatic N) is 3. The number of aliphatic carboxylic acids is 2. The van der Waals surface area contributed by atoms with E-state index < -0.39 is 11.9 Å². The fraction of sp³-hybridized carbons (Fsp3) is 0.556. The molecular weight excluding hydrogens is 481 g/mol. The highest BCUT2D eigenvalue weighted by molar-refractivity contribution is 6.27. The van der Waals surface area contributed by atoms with E-state index in [0.29, 0.717) is 24.3 Å². The Morgan fingerprint density at radius 2 is 1.78 bits per heavy atom. The van der Waals surface area contributed by atoms with Gasteiger partial charge >= 0.3 is 11.9 Å². The van der Waals surface area contributed by atoms with Gasteiger partial charge in [0.05, 0.1) is 12.7 Å². The first kappa shape index (κ1) is 26.9. The largest absolute Gasteiger partial charge is 0.473 e. The fourth-order valence-electron chi connectivity index (χ4n) is 5.81. The average Bonchev–Trinajstić information content (AvgIpc) is 3.11. The van der Waals surface area contributed by atoms with Gasteiger partial charge in [0.1, 0.15) is 11.6 Å². The number of carboxylic acids is 2. The molecule has 0 saturated carbocycles. The standard InChI is InChI=1S/C25H32FN3O2.C2H2O4/c1-17-22(25(30)29-12-5-4-8-24(29)27-17)11-13-28-19-9-10-20(28)15-21(14-19)31-16-18-6-2-3-7-23(18)26;3-1(4)2(5)6/h2-3,6-7,19-21H,4-5,8-16H2,1H3;(H,3,4)(H,5,6). The minimum absolute atomic E-state index is 0.178. The number of hydrogen-bond acceptors (Lipinski definition) is 6. The van der Waals surface area contributed by atoms with Crippen LogP contribution in [0.2, 0.25) is 0 Å². The maximum absolute atomic E-state index is 13.9. The summed E-state index contributed by atoms with van der Waals surface area (Å²) in [6.07, 6.45) is 8.43. The summed E-state index contributed by atoms with van der Waals surface area (Å²) < 4.78 is 21.9. The Kier molecular flexibility index (Phi) is 8.71. The van der Waals surface area contributed by atoms with Gasteiger partial charge in [-0.15, -0.1) is 0 Å². The molecule has 2 fully saturated rings. The van der Waals surface area contributed by atoms with Crippen molar-refractivity contribution in [2.24, 2.45) is 0 Å². The molecule has 1 aromatic heterocycles. The lowest BCUT2D eigenvalue weighted by Gasteiger charge is -2.39. The number of carbonyl (C=O) groups is 2. The highest BCUT2D eigenvalue weighted by atomic mass is 19.1. The molecule has 10 heteroatoms. The van der Waals surface area contributed by atoms with Crippen LogP contribution < -0.4 is 5.56 Å². The van der Waals surface area contributed by atoms with Crippen LogP contribution in [-0.2, 0) is 40.3 Å². The van der Waals surface area contributed by atoms with E-state index in [0.717, 1.165) is 68.7 Å². The van der Waals surface area contributed by atoms with Crippen LogP contribution in [0.3, 0.4) is 0 Å². The first-order chi connectivity index (χ1) is 17.7. The van der Waals surface area contributed by atoms with Crippen molar-refractivity contribution < 1.29 is 28.9 Å². The van der Waals surface area contributed by atoms with Crippen molar-refractivity contribution in [2.45, 2.75) is 89.6 Å². The summed E-state index contributed by atoms with van der Waals surface area (Å²) in [5.74, 6) is -2.88. The smallest absolute Gasteiger partial charge is 0.414 e. The zero-order valence-corrected chi connectivity index (χ0v) is 21.1. The molecule has 2 N–H and O–H groups in total. The van der Waals surface area contributed by atoms with Gasteiger partial charge in [0.25, 0.3) is 5.56 Å². The Morgan fingerprint density at radius 1 is 1.11 bits per heavy atom. The number of aromatic nitrogens is 2. The molecule has 2 unspecified atom stereocenters. The summed E-state index contributed by atoms with van der Waals surface area (Å²) in [4.78, 5) is 38.6. The molecule has 4 heterocycles. The molecule has 37 heavy (non-hydrogen) atoms. The third-order valence-electron chi connectivity index (χ3n) is 7.66. The third kappa shape index (κ3) is 6.42.